The lowest BCUT2D eigenvalue weighted by molar-refractivity contribution is -0.274. The van der Waals surface area contributed by atoms with Gasteiger partial charge in [-0.05, 0) is 35.3 Å². The van der Waals surface area contributed by atoms with E-state index in [1.165, 1.54) is 18.2 Å². The summed E-state index contributed by atoms with van der Waals surface area (Å²) in [6.07, 6.45) is -4.81. The lowest BCUT2D eigenvalue weighted by Crippen LogP contribution is -2.18. The van der Waals surface area contributed by atoms with Crippen molar-refractivity contribution in [2.45, 2.75) is 6.36 Å². The van der Waals surface area contributed by atoms with Crippen molar-refractivity contribution in [3.8, 4) is 5.75 Å². The summed E-state index contributed by atoms with van der Waals surface area (Å²) in [4.78, 5) is 10.9. The molecule has 0 fully saturated rings. The van der Waals surface area contributed by atoms with Crippen molar-refractivity contribution >= 4 is 34.8 Å². The fraction of sp³-hybridized carbons (Fsp3) is 0.100. The van der Waals surface area contributed by atoms with Gasteiger partial charge in [0, 0.05) is 0 Å². The normalized spacial score (nSPS) is 11.2. The van der Waals surface area contributed by atoms with Gasteiger partial charge in [0.1, 0.15) is 0 Å². The van der Waals surface area contributed by atoms with Crippen molar-refractivity contribution in [2.75, 3.05) is 5.32 Å². The van der Waals surface area contributed by atoms with Crippen molar-refractivity contribution < 1.29 is 17.9 Å². The second-order valence-corrected chi connectivity index (χ2v) is 4.04. The van der Waals surface area contributed by atoms with Gasteiger partial charge in [-0.3, -0.25) is 0 Å². The van der Waals surface area contributed by atoms with Gasteiger partial charge in [0.2, 0.25) is 16.5 Å². The number of aromatic nitrogens is 3. The van der Waals surface area contributed by atoms with Crippen molar-refractivity contribution in [3.63, 3.8) is 0 Å². The van der Waals surface area contributed by atoms with Crippen LogP contribution in [0.25, 0.3) is 0 Å². The van der Waals surface area contributed by atoms with Crippen molar-refractivity contribution in [1.82, 2.24) is 15.0 Å². The van der Waals surface area contributed by atoms with E-state index < -0.39 is 12.1 Å². The highest BCUT2D eigenvalue weighted by atomic mass is 35.5. The molecule has 0 spiro atoms. The number of alkyl halides is 3. The second kappa shape index (κ2) is 5.68. The third-order valence-corrected chi connectivity index (χ3v) is 2.28. The minimum atomic E-state index is -4.81. The van der Waals surface area contributed by atoms with Crippen molar-refractivity contribution in [1.29, 1.82) is 0 Å². The molecular formula is C10H5Cl2F3N4O. The van der Waals surface area contributed by atoms with E-state index in [1.54, 1.807) is 0 Å². The number of ether oxygens (including phenoxy) is 1. The molecule has 0 aliphatic carbocycles. The molecule has 0 saturated heterocycles. The predicted molar refractivity (Wildman–Crippen MR) is 66.3 cm³/mol. The number of anilines is 2. The summed E-state index contributed by atoms with van der Waals surface area (Å²) in [5.41, 5.74) is 0.00292. The number of rotatable bonds is 3. The lowest BCUT2D eigenvalue weighted by atomic mass is 10.3. The summed E-state index contributed by atoms with van der Waals surface area (Å²) in [7, 11) is 0. The number of hydrogen-bond donors (Lipinski definition) is 1. The van der Waals surface area contributed by atoms with E-state index in [0.717, 1.165) is 6.07 Å². The van der Waals surface area contributed by atoms with E-state index >= 15 is 0 Å². The molecule has 0 amide bonds. The zero-order chi connectivity index (χ0) is 14.8. The Bertz CT molecular complexity index is 603. The Balaban J connectivity index is 2.29. The average molecular weight is 325 g/mol. The van der Waals surface area contributed by atoms with E-state index in [-0.39, 0.29) is 22.2 Å². The van der Waals surface area contributed by atoms with Gasteiger partial charge in [-0.1, -0.05) is 12.1 Å². The van der Waals surface area contributed by atoms with Gasteiger partial charge < -0.3 is 10.1 Å². The number of halogens is 5. The van der Waals surface area contributed by atoms with Gasteiger partial charge in [-0.15, -0.1) is 13.2 Å². The smallest absolute Gasteiger partial charge is 0.404 e. The van der Waals surface area contributed by atoms with Crippen LogP contribution in [0, 0.1) is 0 Å². The van der Waals surface area contributed by atoms with Gasteiger partial charge in [-0.2, -0.15) is 15.0 Å². The highest BCUT2D eigenvalue weighted by Gasteiger charge is 2.32. The topological polar surface area (TPSA) is 59.9 Å². The molecule has 0 aliphatic rings. The Hall–Kier alpha value is -1.80. The molecule has 1 heterocycles. The Kier molecular flexibility index (Phi) is 4.15. The molecular weight excluding hydrogens is 320 g/mol. The van der Waals surface area contributed by atoms with Crippen LogP contribution in [0.2, 0.25) is 10.6 Å². The van der Waals surface area contributed by atoms with Crippen LogP contribution in [-0.2, 0) is 0 Å². The van der Waals surface area contributed by atoms with Crippen LogP contribution < -0.4 is 10.1 Å². The van der Waals surface area contributed by atoms with E-state index in [1.807, 2.05) is 0 Å². The third kappa shape index (κ3) is 4.10. The van der Waals surface area contributed by atoms with Crippen LogP contribution in [0.3, 0.4) is 0 Å². The summed E-state index contributed by atoms with van der Waals surface area (Å²) in [5, 5.41) is 2.13. The molecule has 2 aromatic rings. The first-order valence-corrected chi connectivity index (χ1v) is 5.78. The Morgan fingerprint density at radius 3 is 2.20 bits per heavy atom. The number of hydrogen-bond acceptors (Lipinski definition) is 5. The second-order valence-electron chi connectivity index (χ2n) is 3.37. The van der Waals surface area contributed by atoms with Gasteiger partial charge in [0.25, 0.3) is 0 Å². The molecule has 106 valence electrons. The number of para-hydroxylation sites is 2. The maximum atomic E-state index is 12.3. The molecule has 1 aromatic carbocycles. The molecule has 0 bridgehead atoms. The Labute approximate surface area is 120 Å². The minimum absolute atomic E-state index is 0.00292. The Morgan fingerprint density at radius 2 is 1.60 bits per heavy atom. The first-order chi connectivity index (χ1) is 9.33. The predicted octanol–water partition coefficient (Wildman–Crippen LogP) is 3.82. The fourth-order valence-corrected chi connectivity index (χ4v) is 1.65. The van der Waals surface area contributed by atoms with Crippen LogP contribution in [-0.4, -0.2) is 21.3 Å². The quantitative estimate of drug-likeness (QED) is 0.930. The van der Waals surface area contributed by atoms with Gasteiger partial charge in [0.05, 0.1) is 5.69 Å². The lowest BCUT2D eigenvalue weighted by Gasteiger charge is -2.13. The summed E-state index contributed by atoms with van der Waals surface area (Å²) in [5.74, 6) is -0.541. The molecule has 10 heteroatoms. The SMILES string of the molecule is FC(F)(F)Oc1ccccc1Nc1nc(Cl)nc(Cl)n1. The minimum Gasteiger partial charge on any atom is -0.404 e. The molecule has 20 heavy (non-hydrogen) atoms. The summed E-state index contributed by atoms with van der Waals surface area (Å²) in [6, 6.07) is 5.39. The van der Waals surface area contributed by atoms with E-state index in [0.29, 0.717) is 0 Å². The van der Waals surface area contributed by atoms with E-state index in [2.05, 4.69) is 25.0 Å². The first kappa shape index (κ1) is 14.6. The highest BCUT2D eigenvalue weighted by molar-refractivity contribution is 6.31. The zero-order valence-corrected chi connectivity index (χ0v) is 11.0. The molecule has 0 aliphatic heterocycles. The summed E-state index contributed by atoms with van der Waals surface area (Å²) in [6.45, 7) is 0. The summed E-state index contributed by atoms with van der Waals surface area (Å²) < 4.78 is 40.6. The Morgan fingerprint density at radius 1 is 1.00 bits per heavy atom. The number of nitrogens with one attached hydrogen (secondary N) is 1. The largest absolute Gasteiger partial charge is 0.573 e. The molecule has 0 saturated carbocycles. The molecule has 0 unspecified atom stereocenters. The fourth-order valence-electron chi connectivity index (χ4n) is 1.29. The van der Waals surface area contributed by atoms with E-state index in [4.69, 9.17) is 23.2 Å². The summed E-state index contributed by atoms with van der Waals surface area (Å²) >= 11 is 11.1. The van der Waals surface area contributed by atoms with Gasteiger partial charge >= 0.3 is 6.36 Å². The molecule has 0 radical (unpaired) electrons. The van der Waals surface area contributed by atoms with Crippen LogP contribution in [0.1, 0.15) is 0 Å². The zero-order valence-electron chi connectivity index (χ0n) is 9.45. The molecule has 1 N–H and O–H groups in total. The molecule has 1 aromatic heterocycles. The van der Waals surface area contributed by atoms with Gasteiger partial charge in [-0.25, -0.2) is 0 Å². The monoisotopic (exact) mass is 324 g/mol. The van der Waals surface area contributed by atoms with Crippen molar-refractivity contribution in [2.24, 2.45) is 0 Å². The number of nitrogens with zero attached hydrogens (tertiary/aromatic N) is 3. The molecule has 2 rings (SSSR count). The van der Waals surface area contributed by atoms with Crippen LogP contribution >= 0.6 is 23.2 Å². The van der Waals surface area contributed by atoms with Gasteiger partial charge in [0.15, 0.2) is 5.75 Å². The maximum absolute atomic E-state index is 12.3. The van der Waals surface area contributed by atoms with Crippen molar-refractivity contribution in [3.05, 3.63) is 34.8 Å². The third-order valence-electron chi connectivity index (χ3n) is 1.94. The standard InChI is InChI=1S/C10H5Cl2F3N4O/c11-7-17-8(12)19-9(18-7)16-5-3-1-2-4-6(5)20-10(13,14)15/h1-4H,(H,16,17,18,19). The number of benzene rings is 1. The first-order valence-electron chi connectivity index (χ1n) is 5.02. The highest BCUT2D eigenvalue weighted by Crippen LogP contribution is 2.31. The van der Waals surface area contributed by atoms with Crippen LogP contribution in [0.4, 0.5) is 24.8 Å². The molecule has 5 nitrogen and oxygen atoms in total. The van der Waals surface area contributed by atoms with E-state index in [9.17, 15) is 13.2 Å². The van der Waals surface area contributed by atoms with Crippen LogP contribution in [0.5, 0.6) is 5.75 Å². The average Bonchev–Trinajstić information content (AvgIpc) is 2.28. The van der Waals surface area contributed by atoms with Crippen LogP contribution in [0.15, 0.2) is 24.3 Å². The maximum Gasteiger partial charge on any atom is 0.573 e. The molecule has 0 atom stereocenters.